The minimum absolute atomic E-state index is 0.00956. The molecule has 1 N–H and O–H groups in total. The first kappa shape index (κ1) is 16.4. The molecule has 24 heavy (non-hydrogen) atoms. The Labute approximate surface area is 139 Å². The van der Waals surface area contributed by atoms with Gasteiger partial charge in [0.15, 0.2) is 11.6 Å². The second kappa shape index (κ2) is 6.21. The molecule has 0 bridgehead atoms. The van der Waals surface area contributed by atoms with Crippen molar-refractivity contribution in [3.63, 3.8) is 0 Å². The highest BCUT2D eigenvalue weighted by Crippen LogP contribution is 2.20. The smallest absolute Gasteiger partial charge is 0.241 e. The third-order valence-electron chi connectivity index (χ3n) is 3.54. The fourth-order valence-electron chi connectivity index (χ4n) is 2.29. The number of imidazole rings is 1. The molecule has 3 rings (SSSR count). The topological polar surface area (TPSA) is 72.7 Å². The van der Waals surface area contributed by atoms with Crippen LogP contribution in [-0.4, -0.2) is 24.9 Å². The molecule has 0 saturated heterocycles. The fourth-order valence-corrected chi connectivity index (χ4v) is 3.30. The maximum atomic E-state index is 13.7. The van der Waals surface area contributed by atoms with Crippen LogP contribution in [0.4, 0.5) is 4.39 Å². The highest BCUT2D eigenvalue weighted by Gasteiger charge is 2.17. The van der Waals surface area contributed by atoms with Crippen molar-refractivity contribution in [2.45, 2.75) is 18.4 Å². The maximum Gasteiger partial charge on any atom is 0.241 e. The fraction of sp³-hybridized carbons (Fsp3) is 0.188. The van der Waals surface area contributed by atoms with Crippen LogP contribution in [0.15, 0.2) is 47.6 Å². The normalized spacial score (nSPS) is 11.8. The number of sulfonamides is 1. The molecule has 0 spiro atoms. The van der Waals surface area contributed by atoms with Crippen LogP contribution < -0.4 is 9.46 Å². The molecule has 3 aromatic rings. The number of nitrogens with one attached hydrogen (secondary N) is 1. The number of hydrogen-bond acceptors (Lipinski definition) is 4. The first-order chi connectivity index (χ1) is 11.4. The van der Waals surface area contributed by atoms with Gasteiger partial charge >= 0.3 is 0 Å². The lowest BCUT2D eigenvalue weighted by molar-refractivity contribution is 0.385. The second-order valence-electron chi connectivity index (χ2n) is 5.32. The molecule has 2 heterocycles. The molecular weight excluding hydrogens is 333 g/mol. The number of rotatable bonds is 5. The van der Waals surface area contributed by atoms with Crippen LogP contribution in [0.25, 0.3) is 5.65 Å². The number of aryl methyl sites for hydroxylation is 1. The summed E-state index contributed by atoms with van der Waals surface area (Å²) >= 11 is 0. The first-order valence-corrected chi connectivity index (χ1v) is 8.65. The van der Waals surface area contributed by atoms with Gasteiger partial charge in [-0.25, -0.2) is 22.5 Å². The lowest BCUT2D eigenvalue weighted by Crippen LogP contribution is -2.23. The SMILES string of the molecule is COc1ccc(S(=O)(=O)NCc2cn3ccc(C)cc3n2)cc1F. The number of hydrogen-bond donors (Lipinski definition) is 1. The summed E-state index contributed by atoms with van der Waals surface area (Å²) in [5.74, 6) is -0.742. The third-order valence-corrected chi connectivity index (χ3v) is 4.94. The summed E-state index contributed by atoms with van der Waals surface area (Å²) in [5, 5.41) is 0. The van der Waals surface area contributed by atoms with Gasteiger partial charge in [0.1, 0.15) is 5.65 Å². The van der Waals surface area contributed by atoms with E-state index in [0.717, 1.165) is 17.3 Å². The van der Waals surface area contributed by atoms with Crippen molar-refractivity contribution >= 4 is 15.7 Å². The van der Waals surface area contributed by atoms with Gasteiger partial charge in [0.2, 0.25) is 10.0 Å². The average molecular weight is 349 g/mol. The molecule has 0 fully saturated rings. The quantitative estimate of drug-likeness (QED) is 0.767. The Morgan fingerprint density at radius 1 is 1.29 bits per heavy atom. The zero-order chi connectivity index (χ0) is 17.3. The number of methoxy groups -OCH3 is 1. The molecule has 0 aliphatic rings. The Bertz CT molecular complexity index is 999. The van der Waals surface area contributed by atoms with E-state index >= 15 is 0 Å². The van der Waals surface area contributed by atoms with Crippen LogP contribution in [0.5, 0.6) is 5.75 Å². The zero-order valence-corrected chi connectivity index (χ0v) is 14.0. The number of aromatic nitrogens is 2. The number of nitrogens with zero attached hydrogens (tertiary/aromatic N) is 2. The van der Waals surface area contributed by atoms with Gasteiger partial charge < -0.3 is 9.14 Å². The van der Waals surface area contributed by atoms with Gasteiger partial charge in [-0.05, 0) is 42.8 Å². The second-order valence-corrected chi connectivity index (χ2v) is 7.09. The van der Waals surface area contributed by atoms with Crippen molar-refractivity contribution in [2.75, 3.05) is 7.11 Å². The van der Waals surface area contributed by atoms with Crippen molar-refractivity contribution in [3.8, 4) is 5.75 Å². The minimum atomic E-state index is -3.85. The van der Waals surface area contributed by atoms with Crippen LogP contribution in [0.2, 0.25) is 0 Å². The molecular formula is C16H16FN3O3S. The summed E-state index contributed by atoms with van der Waals surface area (Å²) in [6.07, 6.45) is 3.60. The van der Waals surface area contributed by atoms with Gasteiger partial charge in [0.05, 0.1) is 24.2 Å². The molecule has 0 saturated carbocycles. The maximum absolute atomic E-state index is 13.7. The standard InChI is InChI=1S/C16H16FN3O3S/c1-11-5-6-20-10-12(19-16(20)7-11)9-18-24(21,22)13-3-4-15(23-2)14(17)8-13/h3-8,10,18H,9H2,1-2H3. The highest BCUT2D eigenvalue weighted by molar-refractivity contribution is 7.89. The molecule has 0 radical (unpaired) electrons. The molecule has 0 aliphatic heterocycles. The summed E-state index contributed by atoms with van der Waals surface area (Å²) in [7, 11) is -2.53. The van der Waals surface area contributed by atoms with Gasteiger partial charge in [0.25, 0.3) is 0 Å². The summed E-state index contributed by atoms with van der Waals surface area (Å²) in [6, 6.07) is 7.32. The van der Waals surface area contributed by atoms with E-state index in [1.165, 1.54) is 19.2 Å². The van der Waals surface area contributed by atoms with E-state index in [1.807, 2.05) is 29.7 Å². The van der Waals surface area contributed by atoms with Crippen LogP contribution >= 0.6 is 0 Å². The monoisotopic (exact) mass is 349 g/mol. The van der Waals surface area contributed by atoms with E-state index in [2.05, 4.69) is 9.71 Å². The number of benzene rings is 1. The van der Waals surface area contributed by atoms with Gasteiger partial charge in [-0.3, -0.25) is 0 Å². The molecule has 6 nitrogen and oxygen atoms in total. The number of fused-ring (bicyclic) bond motifs is 1. The van der Waals surface area contributed by atoms with Gasteiger partial charge in [-0.15, -0.1) is 0 Å². The molecule has 0 amide bonds. The van der Waals surface area contributed by atoms with E-state index in [0.29, 0.717) is 5.69 Å². The summed E-state index contributed by atoms with van der Waals surface area (Å²) in [4.78, 5) is 4.19. The van der Waals surface area contributed by atoms with E-state index in [4.69, 9.17) is 4.74 Å². The predicted octanol–water partition coefficient (Wildman–Crippen LogP) is 2.27. The molecule has 2 aromatic heterocycles. The van der Waals surface area contributed by atoms with Gasteiger partial charge in [0, 0.05) is 12.4 Å². The van der Waals surface area contributed by atoms with E-state index in [1.54, 1.807) is 6.20 Å². The van der Waals surface area contributed by atoms with E-state index in [-0.39, 0.29) is 17.2 Å². The van der Waals surface area contributed by atoms with Crippen molar-refractivity contribution in [1.82, 2.24) is 14.1 Å². The Balaban J connectivity index is 1.80. The lowest BCUT2D eigenvalue weighted by Gasteiger charge is -2.07. The molecule has 0 aliphatic carbocycles. The molecule has 8 heteroatoms. The van der Waals surface area contributed by atoms with Crippen LogP contribution in [0.1, 0.15) is 11.3 Å². The average Bonchev–Trinajstić information content (AvgIpc) is 2.95. The first-order valence-electron chi connectivity index (χ1n) is 7.16. The van der Waals surface area contributed by atoms with Crippen LogP contribution in [0.3, 0.4) is 0 Å². The third kappa shape index (κ3) is 3.24. The van der Waals surface area contributed by atoms with Gasteiger partial charge in [-0.2, -0.15) is 0 Å². The van der Waals surface area contributed by atoms with Crippen molar-refractivity contribution in [3.05, 3.63) is 59.8 Å². The van der Waals surface area contributed by atoms with E-state index < -0.39 is 15.8 Å². The van der Waals surface area contributed by atoms with Gasteiger partial charge in [-0.1, -0.05) is 0 Å². The Morgan fingerprint density at radius 3 is 2.79 bits per heavy atom. The summed E-state index contributed by atoms with van der Waals surface area (Å²) < 4.78 is 47.2. The lowest BCUT2D eigenvalue weighted by atomic mass is 10.3. The number of ether oxygens (including phenoxy) is 1. The highest BCUT2D eigenvalue weighted by atomic mass is 32.2. The zero-order valence-electron chi connectivity index (χ0n) is 13.2. The molecule has 1 aromatic carbocycles. The van der Waals surface area contributed by atoms with Crippen LogP contribution in [0, 0.1) is 12.7 Å². The number of pyridine rings is 1. The van der Waals surface area contributed by atoms with Crippen molar-refractivity contribution < 1.29 is 17.5 Å². The predicted molar refractivity (Wildman–Crippen MR) is 86.9 cm³/mol. The number of halogens is 1. The minimum Gasteiger partial charge on any atom is -0.494 e. The largest absolute Gasteiger partial charge is 0.494 e. The van der Waals surface area contributed by atoms with E-state index in [9.17, 15) is 12.8 Å². The molecule has 126 valence electrons. The summed E-state index contributed by atoms with van der Waals surface area (Å²) in [5.41, 5.74) is 2.37. The van der Waals surface area contributed by atoms with Crippen molar-refractivity contribution in [2.24, 2.45) is 0 Å². The summed E-state index contributed by atoms with van der Waals surface area (Å²) in [6.45, 7) is 1.96. The molecule has 0 unspecified atom stereocenters. The Hall–Kier alpha value is -2.45. The molecule has 0 atom stereocenters. The van der Waals surface area contributed by atoms with Crippen molar-refractivity contribution in [1.29, 1.82) is 0 Å². The Morgan fingerprint density at radius 2 is 2.08 bits per heavy atom. The Kier molecular flexibility index (Phi) is 4.25. The van der Waals surface area contributed by atoms with Crippen LogP contribution in [-0.2, 0) is 16.6 Å².